The van der Waals surface area contributed by atoms with Crippen LogP contribution in [0.25, 0.3) is 0 Å². The molecule has 0 aromatic carbocycles. The summed E-state index contributed by atoms with van der Waals surface area (Å²) in [5.41, 5.74) is 3.03. The maximum atomic E-state index is 6.16. The lowest BCUT2D eigenvalue weighted by Crippen LogP contribution is -2.06. The molecule has 0 atom stereocenters. The lowest BCUT2D eigenvalue weighted by Gasteiger charge is -2.08. The molecule has 0 aliphatic heterocycles. The number of aromatic nitrogens is 3. The zero-order valence-corrected chi connectivity index (χ0v) is 12.3. The molecule has 0 amide bonds. The number of hydrogen-bond acceptors (Lipinski definition) is 3. The Kier molecular flexibility index (Phi) is 4.43. The van der Waals surface area contributed by atoms with E-state index in [1.807, 2.05) is 30.8 Å². The third-order valence-corrected chi connectivity index (χ3v) is 3.55. The van der Waals surface area contributed by atoms with Gasteiger partial charge >= 0.3 is 0 Å². The first-order valence-corrected chi connectivity index (χ1v) is 6.88. The molecule has 2 aromatic heterocycles. The lowest BCUT2D eigenvalue weighted by molar-refractivity contribution is 0.658. The standard InChI is InChI=1S/C14H19ClN4/c1-4-6-16-13-8-12(5-7-17-13)9-19-11(3)14(15)10(2)18-19/h5,7-8H,4,6,9H2,1-3H3,(H,16,17). The van der Waals surface area contributed by atoms with Crippen molar-refractivity contribution in [3.05, 3.63) is 40.3 Å². The number of nitrogens with one attached hydrogen (secondary N) is 1. The highest BCUT2D eigenvalue weighted by Gasteiger charge is 2.09. The number of pyridine rings is 1. The highest BCUT2D eigenvalue weighted by atomic mass is 35.5. The van der Waals surface area contributed by atoms with Crippen LogP contribution in [0.4, 0.5) is 5.82 Å². The van der Waals surface area contributed by atoms with Gasteiger partial charge in [0, 0.05) is 12.7 Å². The SMILES string of the molecule is CCCNc1cc(Cn2nc(C)c(Cl)c2C)ccn1. The van der Waals surface area contributed by atoms with E-state index in [0.717, 1.165) is 40.8 Å². The summed E-state index contributed by atoms with van der Waals surface area (Å²) in [4.78, 5) is 4.30. The molecule has 0 spiro atoms. The number of aryl methyl sites for hydroxylation is 1. The Morgan fingerprint density at radius 2 is 2.16 bits per heavy atom. The van der Waals surface area contributed by atoms with Crippen molar-refractivity contribution in [2.75, 3.05) is 11.9 Å². The van der Waals surface area contributed by atoms with E-state index in [9.17, 15) is 0 Å². The summed E-state index contributed by atoms with van der Waals surface area (Å²) in [6.45, 7) is 7.69. The second kappa shape index (κ2) is 6.06. The molecular weight excluding hydrogens is 260 g/mol. The Morgan fingerprint density at radius 1 is 1.37 bits per heavy atom. The normalized spacial score (nSPS) is 10.7. The molecule has 2 heterocycles. The molecule has 2 rings (SSSR count). The third kappa shape index (κ3) is 3.26. The van der Waals surface area contributed by atoms with Crippen LogP contribution in [-0.2, 0) is 6.54 Å². The fourth-order valence-corrected chi connectivity index (χ4v) is 2.06. The molecule has 5 heteroatoms. The van der Waals surface area contributed by atoms with Gasteiger partial charge in [-0.1, -0.05) is 18.5 Å². The van der Waals surface area contributed by atoms with Gasteiger partial charge in [0.25, 0.3) is 0 Å². The molecule has 1 N–H and O–H groups in total. The van der Waals surface area contributed by atoms with Crippen LogP contribution < -0.4 is 5.32 Å². The molecule has 0 bridgehead atoms. The van der Waals surface area contributed by atoms with Crippen molar-refractivity contribution in [2.24, 2.45) is 0 Å². The van der Waals surface area contributed by atoms with Gasteiger partial charge in [-0.3, -0.25) is 4.68 Å². The van der Waals surface area contributed by atoms with E-state index < -0.39 is 0 Å². The number of nitrogens with zero attached hydrogens (tertiary/aromatic N) is 3. The van der Waals surface area contributed by atoms with Gasteiger partial charge in [0.05, 0.1) is 23.0 Å². The minimum atomic E-state index is 0.711. The van der Waals surface area contributed by atoms with Crippen molar-refractivity contribution < 1.29 is 0 Å². The summed E-state index contributed by atoms with van der Waals surface area (Å²) >= 11 is 6.16. The highest BCUT2D eigenvalue weighted by molar-refractivity contribution is 6.31. The maximum Gasteiger partial charge on any atom is 0.126 e. The van der Waals surface area contributed by atoms with E-state index in [4.69, 9.17) is 11.6 Å². The molecule has 19 heavy (non-hydrogen) atoms. The van der Waals surface area contributed by atoms with Gasteiger partial charge in [-0.2, -0.15) is 5.10 Å². The Labute approximate surface area is 118 Å². The molecule has 0 fully saturated rings. The molecule has 0 radical (unpaired) electrons. The summed E-state index contributed by atoms with van der Waals surface area (Å²) in [5.74, 6) is 0.909. The van der Waals surface area contributed by atoms with Crippen molar-refractivity contribution >= 4 is 17.4 Å². The van der Waals surface area contributed by atoms with Crippen LogP contribution >= 0.6 is 11.6 Å². The van der Waals surface area contributed by atoms with E-state index in [1.165, 1.54) is 0 Å². The number of rotatable bonds is 5. The van der Waals surface area contributed by atoms with E-state index in [0.29, 0.717) is 6.54 Å². The second-order valence-corrected chi connectivity index (χ2v) is 5.00. The van der Waals surface area contributed by atoms with Crippen LogP contribution in [0.1, 0.15) is 30.3 Å². The van der Waals surface area contributed by atoms with Crippen LogP contribution in [0.2, 0.25) is 5.02 Å². The van der Waals surface area contributed by atoms with Crippen LogP contribution in [-0.4, -0.2) is 21.3 Å². The fraction of sp³-hybridized carbons (Fsp3) is 0.429. The molecule has 0 saturated heterocycles. The molecule has 0 unspecified atom stereocenters. The first-order valence-electron chi connectivity index (χ1n) is 6.50. The largest absolute Gasteiger partial charge is 0.370 e. The third-order valence-electron chi connectivity index (χ3n) is 3.01. The van der Waals surface area contributed by atoms with Crippen LogP contribution in [0.5, 0.6) is 0 Å². The number of anilines is 1. The molecular formula is C14H19ClN4. The average molecular weight is 279 g/mol. The van der Waals surface area contributed by atoms with Crippen molar-refractivity contribution in [1.29, 1.82) is 0 Å². The monoisotopic (exact) mass is 278 g/mol. The smallest absolute Gasteiger partial charge is 0.126 e. The molecule has 0 aliphatic rings. The zero-order valence-electron chi connectivity index (χ0n) is 11.6. The molecule has 2 aromatic rings. The minimum absolute atomic E-state index is 0.711. The van der Waals surface area contributed by atoms with Crippen molar-refractivity contribution in [3.63, 3.8) is 0 Å². The Morgan fingerprint density at radius 3 is 2.79 bits per heavy atom. The topological polar surface area (TPSA) is 42.7 Å². The molecule has 0 saturated carbocycles. The quantitative estimate of drug-likeness (QED) is 0.911. The molecule has 102 valence electrons. The van der Waals surface area contributed by atoms with Crippen molar-refractivity contribution in [1.82, 2.24) is 14.8 Å². The maximum absolute atomic E-state index is 6.16. The average Bonchev–Trinajstić information content (AvgIpc) is 2.64. The number of halogens is 1. The summed E-state index contributed by atoms with van der Waals surface area (Å²) in [6, 6.07) is 4.06. The minimum Gasteiger partial charge on any atom is -0.370 e. The summed E-state index contributed by atoms with van der Waals surface area (Å²) in [6.07, 6.45) is 2.90. The van der Waals surface area contributed by atoms with Crippen molar-refractivity contribution in [3.8, 4) is 0 Å². The Balaban J connectivity index is 2.16. The van der Waals surface area contributed by atoms with Gasteiger partial charge in [-0.25, -0.2) is 4.98 Å². The number of hydrogen-bond donors (Lipinski definition) is 1. The van der Waals surface area contributed by atoms with Crippen LogP contribution in [0, 0.1) is 13.8 Å². The van der Waals surface area contributed by atoms with Gasteiger partial charge in [0.1, 0.15) is 5.82 Å². The second-order valence-electron chi connectivity index (χ2n) is 4.62. The fourth-order valence-electron chi connectivity index (χ4n) is 1.92. The molecule has 0 aliphatic carbocycles. The lowest BCUT2D eigenvalue weighted by atomic mass is 10.2. The molecule has 4 nitrogen and oxygen atoms in total. The van der Waals surface area contributed by atoms with Gasteiger partial charge in [-0.15, -0.1) is 0 Å². The van der Waals surface area contributed by atoms with E-state index in [1.54, 1.807) is 0 Å². The zero-order chi connectivity index (χ0) is 13.8. The highest BCUT2D eigenvalue weighted by Crippen LogP contribution is 2.20. The summed E-state index contributed by atoms with van der Waals surface area (Å²) in [7, 11) is 0. The summed E-state index contributed by atoms with van der Waals surface area (Å²) in [5, 5.41) is 8.47. The first kappa shape index (κ1) is 13.9. The Bertz CT molecular complexity index is 563. The van der Waals surface area contributed by atoms with Crippen molar-refractivity contribution in [2.45, 2.75) is 33.7 Å². The van der Waals surface area contributed by atoms with Gasteiger partial charge < -0.3 is 5.32 Å². The van der Waals surface area contributed by atoms with Gasteiger partial charge in [0.15, 0.2) is 0 Å². The predicted molar refractivity (Wildman–Crippen MR) is 78.8 cm³/mol. The first-order chi connectivity index (χ1) is 9.11. The predicted octanol–water partition coefficient (Wildman–Crippen LogP) is 3.42. The van der Waals surface area contributed by atoms with E-state index >= 15 is 0 Å². The summed E-state index contributed by atoms with van der Waals surface area (Å²) < 4.78 is 1.93. The van der Waals surface area contributed by atoms with Crippen LogP contribution in [0.15, 0.2) is 18.3 Å². The van der Waals surface area contributed by atoms with E-state index in [2.05, 4.69) is 28.4 Å². The van der Waals surface area contributed by atoms with Gasteiger partial charge in [0.2, 0.25) is 0 Å². The van der Waals surface area contributed by atoms with Crippen LogP contribution in [0.3, 0.4) is 0 Å². The van der Waals surface area contributed by atoms with Gasteiger partial charge in [-0.05, 0) is 38.0 Å². The van der Waals surface area contributed by atoms with E-state index in [-0.39, 0.29) is 0 Å². The Hall–Kier alpha value is -1.55.